The second-order valence-corrected chi connectivity index (χ2v) is 9.17. The van der Waals surface area contributed by atoms with E-state index in [4.69, 9.17) is 11.6 Å². The van der Waals surface area contributed by atoms with Crippen molar-refractivity contribution in [2.75, 3.05) is 25.9 Å². The number of halogens is 1. The molecule has 1 aromatic carbocycles. The van der Waals surface area contributed by atoms with Gasteiger partial charge in [0.2, 0.25) is 11.8 Å². The van der Waals surface area contributed by atoms with E-state index < -0.39 is 15.9 Å². The van der Waals surface area contributed by atoms with Gasteiger partial charge >= 0.3 is 0 Å². The molecule has 2 aliphatic heterocycles. The van der Waals surface area contributed by atoms with Crippen molar-refractivity contribution in [3.63, 3.8) is 0 Å². The van der Waals surface area contributed by atoms with Gasteiger partial charge in [0.25, 0.3) is 0 Å². The molecule has 1 unspecified atom stereocenters. The number of hydrogen-bond acceptors (Lipinski definition) is 4. The van der Waals surface area contributed by atoms with Crippen LogP contribution in [0.3, 0.4) is 0 Å². The van der Waals surface area contributed by atoms with E-state index >= 15 is 0 Å². The third-order valence-corrected chi connectivity index (χ3v) is 7.22. The summed E-state index contributed by atoms with van der Waals surface area (Å²) >= 11 is 6.03. The summed E-state index contributed by atoms with van der Waals surface area (Å²) in [5.41, 5.74) is 0.577. The molecule has 3 rings (SSSR count). The van der Waals surface area contributed by atoms with E-state index in [0.717, 1.165) is 0 Å². The molecule has 26 heavy (non-hydrogen) atoms. The predicted octanol–water partition coefficient (Wildman–Crippen LogP) is 2.05. The molecule has 6 nitrogen and oxygen atoms in total. The number of carbonyl (C=O) groups is 2. The molecule has 0 aromatic heterocycles. The normalized spacial score (nSPS) is 21.9. The molecule has 2 aliphatic rings. The van der Waals surface area contributed by atoms with E-state index in [1.54, 1.807) is 24.1 Å². The highest BCUT2D eigenvalue weighted by Crippen LogP contribution is 2.39. The van der Waals surface area contributed by atoms with Crippen molar-refractivity contribution in [1.82, 2.24) is 9.80 Å². The Bertz CT molecular complexity index is 860. The monoisotopic (exact) mass is 396 g/mol. The lowest BCUT2D eigenvalue weighted by molar-refractivity contribution is -0.139. The Morgan fingerprint density at radius 3 is 2.58 bits per heavy atom. The molecule has 0 spiro atoms. The van der Waals surface area contributed by atoms with Gasteiger partial charge in [-0.2, -0.15) is 0 Å². The van der Waals surface area contributed by atoms with Gasteiger partial charge in [-0.25, -0.2) is 8.42 Å². The van der Waals surface area contributed by atoms with Crippen molar-refractivity contribution in [1.29, 1.82) is 0 Å². The summed E-state index contributed by atoms with van der Waals surface area (Å²) in [7, 11) is -1.78. The fourth-order valence-corrected chi connectivity index (χ4v) is 5.70. The van der Waals surface area contributed by atoms with Gasteiger partial charge in [0.1, 0.15) is 0 Å². The van der Waals surface area contributed by atoms with Crippen LogP contribution in [0.2, 0.25) is 5.02 Å². The Kier molecular flexibility index (Phi) is 5.12. The fourth-order valence-electron chi connectivity index (χ4n) is 3.69. The zero-order valence-corrected chi connectivity index (χ0v) is 16.1. The van der Waals surface area contributed by atoms with Gasteiger partial charge in [-0.05, 0) is 42.7 Å². The lowest BCUT2D eigenvalue weighted by Gasteiger charge is -2.34. The van der Waals surface area contributed by atoms with Gasteiger partial charge in [0.05, 0.1) is 16.7 Å². The zero-order chi connectivity index (χ0) is 19.1. The highest BCUT2D eigenvalue weighted by Gasteiger charge is 2.40. The number of likely N-dealkylation sites (tertiary alicyclic amines) is 1. The SMILES string of the molecule is C=CC(=O)N1CCC(C(=O)N(C)C2CS(=O)(=O)c3ccc(Cl)cc32)CC1. The van der Waals surface area contributed by atoms with Crippen molar-refractivity contribution in [2.45, 2.75) is 23.8 Å². The number of hydrogen-bond donors (Lipinski definition) is 0. The maximum Gasteiger partial charge on any atom is 0.245 e. The smallest absolute Gasteiger partial charge is 0.245 e. The van der Waals surface area contributed by atoms with Crippen LogP contribution in [0.5, 0.6) is 0 Å². The summed E-state index contributed by atoms with van der Waals surface area (Å²) < 4.78 is 24.8. The molecule has 1 saturated heterocycles. The summed E-state index contributed by atoms with van der Waals surface area (Å²) in [5, 5.41) is 0.447. The summed E-state index contributed by atoms with van der Waals surface area (Å²) in [4.78, 5) is 28.0. The predicted molar refractivity (Wildman–Crippen MR) is 98.5 cm³/mol. The van der Waals surface area contributed by atoms with Crippen LogP contribution in [0, 0.1) is 5.92 Å². The Morgan fingerprint density at radius 1 is 1.31 bits per heavy atom. The van der Waals surface area contributed by atoms with Crippen molar-refractivity contribution in [3.05, 3.63) is 41.4 Å². The molecule has 1 aromatic rings. The summed E-state index contributed by atoms with van der Waals surface area (Å²) in [6.45, 7) is 4.48. The number of nitrogens with zero attached hydrogens (tertiary/aromatic N) is 2. The Balaban J connectivity index is 1.76. The van der Waals surface area contributed by atoms with Gasteiger partial charge < -0.3 is 9.80 Å². The molecule has 1 fully saturated rings. The Labute approximate surface area is 158 Å². The average Bonchev–Trinajstić information content (AvgIpc) is 2.90. The van der Waals surface area contributed by atoms with E-state index in [1.165, 1.54) is 17.0 Å². The van der Waals surface area contributed by atoms with E-state index in [-0.39, 0.29) is 28.4 Å². The van der Waals surface area contributed by atoms with Crippen LogP contribution in [0.1, 0.15) is 24.4 Å². The van der Waals surface area contributed by atoms with Gasteiger partial charge in [0.15, 0.2) is 9.84 Å². The standard InChI is InChI=1S/C18H21ClN2O4S/c1-3-17(22)21-8-6-12(7-9-21)18(23)20(2)15-11-26(24,25)16-5-4-13(19)10-14(15)16/h3-5,10,12,15H,1,6-9,11H2,2H3. The van der Waals surface area contributed by atoms with Crippen molar-refractivity contribution in [3.8, 4) is 0 Å². The number of fused-ring (bicyclic) bond motifs is 1. The third-order valence-electron chi connectivity index (χ3n) is 5.19. The molecule has 0 N–H and O–H groups in total. The number of rotatable bonds is 3. The second kappa shape index (κ2) is 7.04. The molecule has 8 heteroatoms. The first kappa shape index (κ1) is 18.9. The molecule has 0 saturated carbocycles. The minimum absolute atomic E-state index is 0.0938. The van der Waals surface area contributed by atoms with Crippen molar-refractivity contribution < 1.29 is 18.0 Å². The van der Waals surface area contributed by atoms with Crippen LogP contribution in [0.4, 0.5) is 0 Å². The van der Waals surface area contributed by atoms with Crippen molar-refractivity contribution in [2.24, 2.45) is 5.92 Å². The summed E-state index contributed by atoms with van der Waals surface area (Å²) in [5.74, 6) is -0.572. The van der Waals surface area contributed by atoms with Gasteiger partial charge in [-0.3, -0.25) is 9.59 Å². The molecule has 0 bridgehead atoms. The minimum atomic E-state index is -3.42. The molecular weight excluding hydrogens is 376 g/mol. The maximum absolute atomic E-state index is 12.9. The van der Waals surface area contributed by atoms with Crippen LogP contribution in [0.25, 0.3) is 0 Å². The minimum Gasteiger partial charge on any atom is -0.339 e. The van der Waals surface area contributed by atoms with E-state index in [0.29, 0.717) is 36.5 Å². The lowest BCUT2D eigenvalue weighted by Crippen LogP contribution is -2.44. The molecule has 2 heterocycles. The second-order valence-electron chi connectivity index (χ2n) is 6.73. The van der Waals surface area contributed by atoms with E-state index in [1.807, 2.05) is 0 Å². The lowest BCUT2D eigenvalue weighted by atomic mass is 9.94. The van der Waals surface area contributed by atoms with Crippen LogP contribution in [0.15, 0.2) is 35.7 Å². The van der Waals surface area contributed by atoms with Gasteiger partial charge in [-0.15, -0.1) is 0 Å². The third kappa shape index (κ3) is 3.38. The largest absolute Gasteiger partial charge is 0.339 e. The Hall–Kier alpha value is -1.86. The number of sulfone groups is 1. The van der Waals surface area contributed by atoms with Crippen LogP contribution < -0.4 is 0 Å². The summed E-state index contributed by atoms with van der Waals surface area (Å²) in [6.07, 6.45) is 2.40. The Morgan fingerprint density at radius 2 is 1.96 bits per heavy atom. The van der Waals surface area contributed by atoms with Crippen LogP contribution in [-0.2, 0) is 19.4 Å². The number of piperidine rings is 1. The van der Waals surface area contributed by atoms with Crippen LogP contribution in [-0.4, -0.2) is 55.9 Å². The summed E-state index contributed by atoms with van der Waals surface area (Å²) in [6, 6.07) is 4.15. The average molecular weight is 397 g/mol. The van der Waals surface area contributed by atoms with E-state index in [9.17, 15) is 18.0 Å². The van der Waals surface area contributed by atoms with Crippen LogP contribution >= 0.6 is 11.6 Å². The first-order chi connectivity index (χ1) is 12.2. The molecule has 2 amide bonds. The maximum atomic E-state index is 12.9. The zero-order valence-electron chi connectivity index (χ0n) is 14.5. The highest BCUT2D eigenvalue weighted by molar-refractivity contribution is 7.91. The fraction of sp³-hybridized carbons (Fsp3) is 0.444. The highest BCUT2D eigenvalue weighted by atomic mass is 35.5. The van der Waals surface area contributed by atoms with Crippen molar-refractivity contribution >= 4 is 33.3 Å². The topological polar surface area (TPSA) is 74.8 Å². The number of amides is 2. The van der Waals surface area contributed by atoms with Gasteiger partial charge in [-0.1, -0.05) is 18.2 Å². The quantitative estimate of drug-likeness (QED) is 0.733. The van der Waals surface area contributed by atoms with Gasteiger partial charge in [0, 0.05) is 31.1 Å². The number of benzene rings is 1. The molecule has 0 aliphatic carbocycles. The molecule has 1 atom stereocenters. The number of carbonyl (C=O) groups excluding carboxylic acids is 2. The first-order valence-corrected chi connectivity index (χ1v) is 10.5. The van der Waals surface area contributed by atoms with E-state index in [2.05, 4.69) is 6.58 Å². The molecular formula is C18H21ClN2O4S. The first-order valence-electron chi connectivity index (χ1n) is 8.45. The molecule has 0 radical (unpaired) electrons. The molecule has 140 valence electrons.